The molecule has 2 aromatic carbocycles. The third-order valence-electron chi connectivity index (χ3n) is 4.71. The summed E-state index contributed by atoms with van der Waals surface area (Å²) in [6, 6.07) is 2.65. The van der Waals surface area contributed by atoms with Gasteiger partial charge in [0, 0.05) is 0 Å². The van der Waals surface area contributed by atoms with Crippen LogP contribution in [0.5, 0.6) is 0 Å². The molecule has 0 aromatic heterocycles. The first-order chi connectivity index (χ1) is 15.8. The highest BCUT2D eigenvalue weighted by Crippen LogP contribution is 2.45. The van der Waals surface area contributed by atoms with Gasteiger partial charge in [-0.25, -0.2) is 4.79 Å². The number of esters is 1. The van der Waals surface area contributed by atoms with Crippen molar-refractivity contribution in [2.75, 3.05) is 11.9 Å². The second-order valence-electron chi connectivity index (χ2n) is 6.86. The average Bonchev–Trinajstić information content (AvgIpc) is 3.03. The molecule has 1 N–H and O–H groups in total. The highest BCUT2D eigenvalue weighted by Gasteiger charge is 2.45. The van der Waals surface area contributed by atoms with Crippen LogP contribution in [0.25, 0.3) is 0 Å². The lowest BCUT2D eigenvalue weighted by Gasteiger charge is -2.21. The molecule has 180 valence electrons. The topological polar surface area (TPSA) is 92.8 Å². The molecule has 1 heterocycles. The predicted octanol–water partition coefficient (Wildman–Crippen LogP) is 5.49. The lowest BCUT2D eigenvalue weighted by atomic mass is 10.1. The number of hydrogen-bond acceptors (Lipinski definition) is 5. The molecule has 2 aromatic rings. The number of nitrogens with zero attached hydrogens (tertiary/aromatic N) is 1. The summed E-state index contributed by atoms with van der Waals surface area (Å²) in [5, 5.41) is 0.791. The van der Waals surface area contributed by atoms with Gasteiger partial charge in [-0.3, -0.25) is 19.3 Å². The highest BCUT2D eigenvalue weighted by atomic mass is 35.5. The summed E-state index contributed by atoms with van der Waals surface area (Å²) >= 11 is 23.9. The van der Waals surface area contributed by atoms with E-state index < -0.39 is 53.8 Å². The van der Waals surface area contributed by atoms with Gasteiger partial charge in [0.1, 0.15) is 6.04 Å². The number of imide groups is 1. The number of fused-ring (bicyclic) bond motifs is 1. The maximum absolute atomic E-state index is 13.0. The fourth-order valence-corrected chi connectivity index (χ4v) is 4.12. The molecule has 14 heteroatoms. The Balaban J connectivity index is 1.72. The zero-order chi connectivity index (χ0) is 25.5. The van der Waals surface area contributed by atoms with Crippen molar-refractivity contribution in [2.24, 2.45) is 0 Å². The number of alkyl halides is 3. The van der Waals surface area contributed by atoms with Crippen molar-refractivity contribution in [3.05, 3.63) is 61.0 Å². The van der Waals surface area contributed by atoms with Gasteiger partial charge in [-0.05, 0) is 19.1 Å². The van der Waals surface area contributed by atoms with Crippen LogP contribution in [0, 0.1) is 0 Å². The Labute approximate surface area is 209 Å². The molecule has 3 amide bonds. The number of rotatable bonds is 5. The Kier molecular flexibility index (Phi) is 7.37. The fourth-order valence-electron chi connectivity index (χ4n) is 3.11. The van der Waals surface area contributed by atoms with E-state index in [-0.39, 0.29) is 31.2 Å². The predicted molar refractivity (Wildman–Crippen MR) is 117 cm³/mol. The van der Waals surface area contributed by atoms with Crippen LogP contribution in [0.15, 0.2) is 24.3 Å². The van der Waals surface area contributed by atoms with E-state index in [1.807, 2.05) is 5.32 Å². The Morgan fingerprint density at radius 2 is 1.47 bits per heavy atom. The van der Waals surface area contributed by atoms with Crippen molar-refractivity contribution in [2.45, 2.75) is 19.1 Å². The third kappa shape index (κ3) is 4.68. The number of carbonyl (C=O) groups is 4. The largest absolute Gasteiger partial charge is 0.454 e. The first-order valence-corrected chi connectivity index (χ1v) is 10.6. The van der Waals surface area contributed by atoms with E-state index in [2.05, 4.69) is 0 Å². The van der Waals surface area contributed by atoms with Crippen molar-refractivity contribution in [3.8, 4) is 0 Å². The van der Waals surface area contributed by atoms with Gasteiger partial charge in [0.25, 0.3) is 17.7 Å². The van der Waals surface area contributed by atoms with Crippen LogP contribution in [-0.2, 0) is 20.5 Å². The number of carbonyl (C=O) groups excluding carboxylic acids is 4. The lowest BCUT2D eigenvalue weighted by molar-refractivity contribution is -0.150. The maximum Gasteiger partial charge on any atom is 0.418 e. The molecule has 0 bridgehead atoms. The van der Waals surface area contributed by atoms with E-state index in [0.717, 1.165) is 25.1 Å². The van der Waals surface area contributed by atoms with Crippen LogP contribution in [-0.4, -0.2) is 41.2 Å². The van der Waals surface area contributed by atoms with Crippen LogP contribution in [0.2, 0.25) is 20.1 Å². The molecule has 0 radical (unpaired) electrons. The minimum atomic E-state index is -4.73. The number of halogens is 7. The standard InChI is InChI=1S/C20H11Cl4F3N2O5/c1-7(29-17(31)11-12(18(29)32)14(22)16(24)15(23)13(11)21)19(33)34-6-10(30)28-9-5-3-2-4-8(9)20(25,26)27/h2-5,7H,6H2,1H3,(H,28,30)/t7-/m0/s1. The van der Waals surface area contributed by atoms with Crippen molar-refractivity contribution < 1.29 is 37.1 Å². The number of para-hydroxylation sites is 1. The molecule has 0 saturated carbocycles. The van der Waals surface area contributed by atoms with Crippen molar-refractivity contribution >= 4 is 75.8 Å². The molecule has 0 fully saturated rings. The Morgan fingerprint density at radius 3 is 1.97 bits per heavy atom. The number of amides is 3. The molecule has 0 aliphatic carbocycles. The summed E-state index contributed by atoms with van der Waals surface area (Å²) in [4.78, 5) is 50.5. The van der Waals surface area contributed by atoms with Gasteiger partial charge in [-0.15, -0.1) is 0 Å². The molecule has 0 saturated heterocycles. The zero-order valence-electron chi connectivity index (χ0n) is 16.7. The molecule has 1 aliphatic rings. The van der Waals surface area contributed by atoms with E-state index >= 15 is 0 Å². The minimum absolute atomic E-state index is 0.263. The second-order valence-corrected chi connectivity index (χ2v) is 8.37. The second kappa shape index (κ2) is 9.61. The molecule has 34 heavy (non-hydrogen) atoms. The lowest BCUT2D eigenvalue weighted by Crippen LogP contribution is -2.44. The summed E-state index contributed by atoms with van der Waals surface area (Å²) in [7, 11) is 0. The van der Waals surface area contributed by atoms with E-state index in [0.29, 0.717) is 4.90 Å². The minimum Gasteiger partial charge on any atom is -0.454 e. The van der Waals surface area contributed by atoms with Gasteiger partial charge in [-0.2, -0.15) is 13.2 Å². The summed E-state index contributed by atoms with van der Waals surface area (Å²) in [5.74, 6) is -4.28. The van der Waals surface area contributed by atoms with Crippen molar-refractivity contribution in [3.63, 3.8) is 0 Å². The van der Waals surface area contributed by atoms with Crippen molar-refractivity contribution in [1.82, 2.24) is 4.90 Å². The van der Waals surface area contributed by atoms with Gasteiger partial charge >= 0.3 is 12.1 Å². The fraction of sp³-hybridized carbons (Fsp3) is 0.200. The molecular weight excluding hydrogens is 547 g/mol. The SMILES string of the molecule is C[C@@H](C(=O)OCC(=O)Nc1ccccc1C(F)(F)F)N1C(=O)c2c(Cl)c(Cl)c(Cl)c(Cl)c2C1=O. The molecule has 0 spiro atoms. The van der Waals surface area contributed by atoms with Crippen LogP contribution < -0.4 is 5.32 Å². The normalized spacial score (nSPS) is 14.2. The summed E-state index contributed by atoms with van der Waals surface area (Å²) < 4.78 is 43.9. The van der Waals surface area contributed by atoms with E-state index in [4.69, 9.17) is 51.1 Å². The summed E-state index contributed by atoms with van der Waals surface area (Å²) in [6.07, 6.45) is -4.73. The highest BCUT2D eigenvalue weighted by molar-refractivity contribution is 6.55. The first-order valence-electron chi connectivity index (χ1n) is 9.13. The van der Waals surface area contributed by atoms with E-state index in [1.165, 1.54) is 6.07 Å². The van der Waals surface area contributed by atoms with Gasteiger partial charge in [-0.1, -0.05) is 58.5 Å². The number of nitrogens with one attached hydrogen (secondary N) is 1. The Hall–Kier alpha value is -2.53. The Morgan fingerprint density at radius 1 is 0.971 bits per heavy atom. The smallest absolute Gasteiger partial charge is 0.418 e. The van der Waals surface area contributed by atoms with Gasteiger partial charge in [0.05, 0.1) is 42.5 Å². The van der Waals surface area contributed by atoms with Gasteiger partial charge in [0.2, 0.25) is 0 Å². The van der Waals surface area contributed by atoms with E-state index in [9.17, 15) is 32.3 Å². The monoisotopic (exact) mass is 556 g/mol. The zero-order valence-corrected chi connectivity index (χ0v) is 19.8. The van der Waals surface area contributed by atoms with Crippen molar-refractivity contribution in [1.29, 1.82) is 0 Å². The Bertz CT molecular complexity index is 1190. The number of ether oxygens (including phenoxy) is 1. The van der Waals surface area contributed by atoms with Crippen LogP contribution in [0.4, 0.5) is 18.9 Å². The number of hydrogen-bond donors (Lipinski definition) is 1. The first kappa shape index (κ1) is 26.1. The maximum atomic E-state index is 13.0. The molecule has 1 atom stereocenters. The van der Waals surface area contributed by atoms with Crippen LogP contribution in [0.3, 0.4) is 0 Å². The van der Waals surface area contributed by atoms with Crippen LogP contribution in [0.1, 0.15) is 33.2 Å². The average molecular weight is 558 g/mol. The molecule has 7 nitrogen and oxygen atoms in total. The molecule has 0 unspecified atom stereocenters. The van der Waals surface area contributed by atoms with E-state index in [1.54, 1.807) is 0 Å². The quantitative estimate of drug-likeness (QED) is 0.227. The molecular formula is C20H11Cl4F3N2O5. The molecule has 1 aliphatic heterocycles. The summed E-state index contributed by atoms with van der Waals surface area (Å²) in [6.45, 7) is 0.142. The number of benzene rings is 2. The van der Waals surface area contributed by atoms with Crippen LogP contribution >= 0.6 is 46.4 Å². The molecule has 3 rings (SSSR count). The van der Waals surface area contributed by atoms with Gasteiger partial charge in [0.15, 0.2) is 6.61 Å². The van der Waals surface area contributed by atoms with Gasteiger partial charge < -0.3 is 10.1 Å². The summed E-state index contributed by atoms with van der Waals surface area (Å²) in [5.41, 5.74) is -2.35. The third-order valence-corrected chi connectivity index (χ3v) is 6.51. The number of anilines is 1.